The molecule has 0 saturated heterocycles. The lowest BCUT2D eigenvalue weighted by atomic mass is 9.42. The van der Waals surface area contributed by atoms with Crippen LogP contribution < -0.4 is 0 Å². The van der Waals surface area contributed by atoms with E-state index in [9.17, 15) is 19.2 Å². The molecule has 0 radical (unpaired) electrons. The molecule has 0 aromatic carbocycles. The fourth-order valence-electron chi connectivity index (χ4n) is 7.55. The first kappa shape index (κ1) is 23.0. The number of aldehydes is 1. The lowest BCUT2D eigenvalue weighted by Gasteiger charge is -2.61. The summed E-state index contributed by atoms with van der Waals surface area (Å²) in [5.74, 6) is -3.59. The molecule has 0 bridgehead atoms. The average molecular weight is 449 g/mol. The fraction of sp³-hybridized carbons (Fsp3) is 0.750. The van der Waals surface area contributed by atoms with E-state index in [4.69, 9.17) is 18.9 Å². The van der Waals surface area contributed by atoms with Crippen LogP contribution in [-0.2, 0) is 38.1 Å². The molecule has 0 amide bonds. The normalized spacial score (nSPS) is 39.5. The van der Waals surface area contributed by atoms with Gasteiger partial charge >= 0.3 is 17.9 Å². The maximum atomic E-state index is 13.1. The predicted molar refractivity (Wildman–Crippen MR) is 111 cm³/mol. The largest absolute Gasteiger partial charge is 0.468 e. The van der Waals surface area contributed by atoms with Crippen molar-refractivity contribution < 1.29 is 38.1 Å². The second-order valence-corrected chi connectivity index (χ2v) is 9.64. The first-order valence-electron chi connectivity index (χ1n) is 11.5. The Hall–Kier alpha value is -2.22. The van der Waals surface area contributed by atoms with Crippen molar-refractivity contribution in [1.29, 1.82) is 0 Å². The predicted octanol–water partition coefficient (Wildman–Crippen LogP) is 2.59. The van der Waals surface area contributed by atoms with Gasteiger partial charge in [-0.15, -0.1) is 0 Å². The zero-order chi connectivity index (χ0) is 23.3. The van der Waals surface area contributed by atoms with Gasteiger partial charge in [-0.05, 0) is 56.3 Å². The van der Waals surface area contributed by atoms with Gasteiger partial charge < -0.3 is 23.7 Å². The molecule has 3 saturated carbocycles. The number of rotatable bonds is 5. The minimum atomic E-state index is -1.52. The highest BCUT2D eigenvalue weighted by Gasteiger charge is 2.70. The molecule has 4 aliphatic rings. The van der Waals surface area contributed by atoms with Gasteiger partial charge in [0.2, 0.25) is 5.79 Å². The summed E-state index contributed by atoms with van der Waals surface area (Å²) >= 11 is 0. The highest BCUT2D eigenvalue weighted by atomic mass is 16.7. The van der Waals surface area contributed by atoms with Crippen molar-refractivity contribution in [2.45, 2.75) is 58.2 Å². The third-order valence-corrected chi connectivity index (χ3v) is 8.72. The number of carbonyl (C=O) groups is 4. The quantitative estimate of drug-likeness (QED) is 0.274. The number of esters is 3. The van der Waals surface area contributed by atoms with Gasteiger partial charge in [0.05, 0.1) is 14.2 Å². The van der Waals surface area contributed by atoms with E-state index in [2.05, 4.69) is 0 Å². The summed E-state index contributed by atoms with van der Waals surface area (Å²) in [5.41, 5.74) is -1.63. The van der Waals surface area contributed by atoms with Crippen molar-refractivity contribution >= 4 is 24.2 Å². The number of fused-ring (bicyclic) bond motifs is 4. The molecule has 0 unspecified atom stereocenters. The van der Waals surface area contributed by atoms with E-state index in [1.165, 1.54) is 20.3 Å². The molecular formula is C24H32O8. The molecule has 8 heteroatoms. The highest BCUT2D eigenvalue weighted by molar-refractivity contribution is 6.01. The Balaban J connectivity index is 1.84. The van der Waals surface area contributed by atoms with Crippen LogP contribution in [0.4, 0.5) is 0 Å². The van der Waals surface area contributed by atoms with Gasteiger partial charge in [0.15, 0.2) is 5.41 Å². The molecule has 176 valence electrons. The molecule has 0 aromatic rings. The third-order valence-electron chi connectivity index (χ3n) is 8.72. The van der Waals surface area contributed by atoms with Crippen LogP contribution >= 0.6 is 0 Å². The van der Waals surface area contributed by atoms with Crippen molar-refractivity contribution in [2.75, 3.05) is 20.8 Å². The molecule has 6 atom stereocenters. The second-order valence-electron chi connectivity index (χ2n) is 9.64. The average Bonchev–Trinajstić information content (AvgIpc) is 3.13. The number of hydrogen-bond donors (Lipinski definition) is 0. The van der Waals surface area contributed by atoms with Crippen molar-refractivity contribution in [3.63, 3.8) is 0 Å². The maximum absolute atomic E-state index is 13.1. The summed E-state index contributed by atoms with van der Waals surface area (Å²) < 4.78 is 21.9. The smallest absolute Gasteiger partial charge is 0.333 e. The Labute approximate surface area is 188 Å². The van der Waals surface area contributed by atoms with Crippen LogP contribution in [0.3, 0.4) is 0 Å². The van der Waals surface area contributed by atoms with Crippen LogP contribution in [0.15, 0.2) is 11.6 Å². The van der Waals surface area contributed by atoms with Crippen molar-refractivity contribution in [3.05, 3.63) is 11.6 Å². The molecular weight excluding hydrogens is 416 g/mol. The minimum Gasteiger partial charge on any atom is -0.468 e. The molecule has 8 nitrogen and oxygen atoms in total. The summed E-state index contributed by atoms with van der Waals surface area (Å²) in [6, 6.07) is 0. The molecule has 32 heavy (non-hydrogen) atoms. The maximum Gasteiger partial charge on any atom is 0.333 e. The van der Waals surface area contributed by atoms with E-state index in [0.29, 0.717) is 32.3 Å². The Morgan fingerprint density at radius 2 is 1.88 bits per heavy atom. The third kappa shape index (κ3) is 2.84. The Morgan fingerprint density at radius 3 is 2.47 bits per heavy atom. The SMILES string of the molecule is CCO[C@@]12C[C@H]3[C@@H](CC[C@H]4C(C(=O)OC)(C(=O)OC)CCC[C@]34C=O)[C@@H](C)C1=CC(=O)O2. The molecule has 0 spiro atoms. The van der Waals surface area contributed by atoms with Crippen LogP contribution in [0.5, 0.6) is 0 Å². The van der Waals surface area contributed by atoms with Crippen molar-refractivity contribution in [2.24, 2.45) is 34.5 Å². The first-order chi connectivity index (χ1) is 15.3. The lowest BCUT2D eigenvalue weighted by Crippen LogP contribution is -2.64. The van der Waals surface area contributed by atoms with Gasteiger partial charge in [0.25, 0.3) is 0 Å². The summed E-state index contributed by atoms with van der Waals surface area (Å²) in [5, 5.41) is 0. The zero-order valence-electron chi connectivity index (χ0n) is 19.2. The van der Waals surface area contributed by atoms with Gasteiger partial charge in [-0.25, -0.2) is 4.79 Å². The molecule has 1 aliphatic heterocycles. The Morgan fingerprint density at radius 1 is 1.19 bits per heavy atom. The van der Waals surface area contributed by atoms with E-state index >= 15 is 0 Å². The van der Waals surface area contributed by atoms with E-state index in [-0.39, 0.29) is 24.2 Å². The lowest BCUT2D eigenvalue weighted by molar-refractivity contribution is -0.239. The van der Waals surface area contributed by atoms with Gasteiger partial charge in [0, 0.05) is 30.1 Å². The second kappa shape index (κ2) is 7.97. The van der Waals surface area contributed by atoms with E-state index in [0.717, 1.165) is 18.3 Å². The highest BCUT2D eigenvalue weighted by Crippen LogP contribution is 2.67. The number of hydrogen-bond acceptors (Lipinski definition) is 8. The van der Waals surface area contributed by atoms with E-state index in [1.807, 2.05) is 13.8 Å². The molecule has 0 N–H and O–H groups in total. The Bertz CT molecular complexity index is 846. The number of ether oxygens (including phenoxy) is 4. The minimum absolute atomic E-state index is 0.0305. The molecule has 3 aliphatic carbocycles. The standard InChI is InChI=1S/C24H32O8/c1-5-31-24-12-17-15(14(2)16(24)11-19(26)32-24)7-8-18-22(17,13-25)9-6-10-23(18,20(27)29-3)21(28)30-4/h11,13-15,17-18H,5-10,12H2,1-4H3/t14-,15+,17+,18-,22+,24-/m1/s1. The van der Waals surface area contributed by atoms with Gasteiger partial charge in [-0.1, -0.05) is 13.3 Å². The molecule has 1 heterocycles. The fourth-order valence-corrected chi connectivity index (χ4v) is 7.55. The summed E-state index contributed by atoms with van der Waals surface area (Å²) in [6.07, 6.45) is 5.42. The van der Waals surface area contributed by atoms with Gasteiger partial charge in [0.1, 0.15) is 6.29 Å². The first-order valence-corrected chi connectivity index (χ1v) is 11.5. The van der Waals surface area contributed by atoms with Crippen LogP contribution in [0.2, 0.25) is 0 Å². The zero-order valence-corrected chi connectivity index (χ0v) is 19.2. The summed E-state index contributed by atoms with van der Waals surface area (Å²) in [7, 11) is 2.52. The van der Waals surface area contributed by atoms with Crippen LogP contribution in [0.1, 0.15) is 52.4 Å². The molecule has 3 fully saturated rings. The van der Waals surface area contributed by atoms with Crippen molar-refractivity contribution in [1.82, 2.24) is 0 Å². The molecule has 4 rings (SSSR count). The van der Waals surface area contributed by atoms with E-state index < -0.39 is 40.4 Å². The molecule has 0 aromatic heterocycles. The summed E-state index contributed by atoms with van der Waals surface area (Å²) in [6.45, 7) is 4.24. The van der Waals surface area contributed by atoms with Gasteiger partial charge in [-0.2, -0.15) is 0 Å². The number of methoxy groups -OCH3 is 2. The monoisotopic (exact) mass is 448 g/mol. The van der Waals surface area contributed by atoms with E-state index in [1.54, 1.807) is 0 Å². The topological polar surface area (TPSA) is 105 Å². The van der Waals surface area contributed by atoms with Crippen molar-refractivity contribution in [3.8, 4) is 0 Å². The van der Waals surface area contributed by atoms with Crippen LogP contribution in [-0.4, -0.2) is 50.8 Å². The van der Waals surface area contributed by atoms with Crippen LogP contribution in [0, 0.1) is 34.5 Å². The Kier molecular flexibility index (Phi) is 5.72. The van der Waals surface area contributed by atoms with Crippen LogP contribution in [0.25, 0.3) is 0 Å². The summed E-state index contributed by atoms with van der Waals surface area (Å²) in [4.78, 5) is 51.4. The van der Waals surface area contributed by atoms with Gasteiger partial charge in [-0.3, -0.25) is 9.59 Å². The number of carbonyl (C=O) groups excluding carboxylic acids is 4.